The number of hydrogen-bond acceptors (Lipinski definition) is 3. The Labute approximate surface area is 143 Å². The second-order valence-electron chi connectivity index (χ2n) is 6.69. The summed E-state index contributed by atoms with van der Waals surface area (Å²) in [7, 11) is 0. The Hall–Kier alpha value is -2.07. The van der Waals surface area contributed by atoms with Crippen LogP contribution in [0.2, 0.25) is 0 Å². The Morgan fingerprint density at radius 1 is 1.12 bits per heavy atom. The van der Waals surface area contributed by atoms with Gasteiger partial charge in [0.05, 0.1) is 6.10 Å². The lowest BCUT2D eigenvalue weighted by Gasteiger charge is -2.31. The zero-order valence-corrected chi connectivity index (χ0v) is 14.3. The monoisotopic (exact) mass is 328 g/mol. The van der Waals surface area contributed by atoms with Gasteiger partial charge in [-0.05, 0) is 68.1 Å². The Balaban J connectivity index is 1.66. The molecule has 2 N–H and O–H groups in total. The maximum absolute atomic E-state index is 13.5. The molecule has 1 aliphatic rings. The molecule has 2 aromatic rings. The molecule has 0 aliphatic carbocycles. The third kappa shape index (κ3) is 4.06. The molecule has 0 amide bonds. The lowest BCUT2D eigenvalue weighted by molar-refractivity contribution is 0.145. The highest BCUT2D eigenvalue weighted by Gasteiger charge is 2.17. The van der Waals surface area contributed by atoms with Crippen molar-refractivity contribution in [2.24, 2.45) is 0 Å². The molecule has 1 saturated heterocycles. The number of benzene rings is 2. The quantitative estimate of drug-likeness (QED) is 0.880. The Bertz CT molecular complexity index is 658. The van der Waals surface area contributed by atoms with Crippen LogP contribution in [0, 0.1) is 12.7 Å². The summed E-state index contributed by atoms with van der Waals surface area (Å²) in [6.07, 6.45) is 1.51. The summed E-state index contributed by atoms with van der Waals surface area (Å²) in [6.45, 7) is 5.77. The molecule has 1 heterocycles. The molecule has 1 fully saturated rings. The molecule has 24 heavy (non-hydrogen) atoms. The van der Waals surface area contributed by atoms with Gasteiger partial charge in [0, 0.05) is 30.5 Å². The zero-order valence-electron chi connectivity index (χ0n) is 14.3. The lowest BCUT2D eigenvalue weighted by atomic mass is 10.0. The van der Waals surface area contributed by atoms with Crippen LogP contribution in [0.25, 0.3) is 0 Å². The summed E-state index contributed by atoms with van der Waals surface area (Å²) in [5.41, 5.74) is 4.07. The van der Waals surface area contributed by atoms with E-state index in [1.165, 1.54) is 17.8 Å². The van der Waals surface area contributed by atoms with Gasteiger partial charge in [-0.15, -0.1) is 0 Å². The second kappa shape index (κ2) is 7.22. The fourth-order valence-corrected chi connectivity index (χ4v) is 3.25. The molecule has 1 atom stereocenters. The molecule has 1 unspecified atom stereocenters. The van der Waals surface area contributed by atoms with Crippen LogP contribution in [-0.4, -0.2) is 24.3 Å². The molecule has 0 radical (unpaired) electrons. The molecule has 1 aliphatic heterocycles. The lowest BCUT2D eigenvalue weighted by Crippen LogP contribution is -2.35. The van der Waals surface area contributed by atoms with Crippen LogP contribution < -0.4 is 10.2 Å². The Kier molecular flexibility index (Phi) is 5.05. The van der Waals surface area contributed by atoms with Crippen molar-refractivity contribution in [2.75, 3.05) is 23.3 Å². The average Bonchev–Trinajstić information content (AvgIpc) is 2.55. The van der Waals surface area contributed by atoms with E-state index in [1.807, 2.05) is 13.0 Å². The van der Waals surface area contributed by atoms with Crippen LogP contribution in [0.3, 0.4) is 0 Å². The topological polar surface area (TPSA) is 35.5 Å². The van der Waals surface area contributed by atoms with Crippen LogP contribution >= 0.6 is 0 Å². The number of aliphatic hydroxyl groups is 1. The summed E-state index contributed by atoms with van der Waals surface area (Å²) in [6, 6.07) is 13.6. The van der Waals surface area contributed by atoms with Gasteiger partial charge in [0.15, 0.2) is 0 Å². The minimum atomic E-state index is -0.215. The standard InChI is InChI=1S/C20H25FN2O/c1-14-11-17(21)13-18(12-14)22-15(2)16-3-5-19(6-4-16)23-9-7-20(24)8-10-23/h3-6,11-13,15,20,22,24H,7-10H2,1-2H3. The molecule has 0 saturated carbocycles. The minimum absolute atomic E-state index is 0.100. The van der Waals surface area contributed by atoms with Crippen molar-refractivity contribution in [3.05, 3.63) is 59.4 Å². The SMILES string of the molecule is Cc1cc(F)cc(NC(C)c2ccc(N3CCC(O)CC3)cc2)c1. The fraction of sp³-hybridized carbons (Fsp3) is 0.400. The summed E-state index contributed by atoms with van der Waals surface area (Å²) in [5, 5.41) is 13.0. The van der Waals surface area contributed by atoms with Crippen LogP contribution in [-0.2, 0) is 0 Å². The first kappa shape index (κ1) is 16.8. The first-order valence-electron chi connectivity index (χ1n) is 8.58. The number of aryl methyl sites for hydroxylation is 1. The van der Waals surface area contributed by atoms with Gasteiger partial charge in [0.1, 0.15) is 5.82 Å². The third-order valence-electron chi connectivity index (χ3n) is 4.65. The smallest absolute Gasteiger partial charge is 0.125 e. The van der Waals surface area contributed by atoms with E-state index in [1.54, 1.807) is 0 Å². The summed E-state index contributed by atoms with van der Waals surface area (Å²) >= 11 is 0. The molecule has 0 aromatic heterocycles. The molecule has 0 bridgehead atoms. The highest BCUT2D eigenvalue weighted by molar-refractivity contribution is 5.51. The largest absolute Gasteiger partial charge is 0.393 e. The van der Waals surface area contributed by atoms with Crippen molar-refractivity contribution in [3.63, 3.8) is 0 Å². The van der Waals surface area contributed by atoms with Crippen molar-refractivity contribution in [3.8, 4) is 0 Å². The van der Waals surface area contributed by atoms with Gasteiger partial charge in [0.25, 0.3) is 0 Å². The molecule has 128 valence electrons. The fourth-order valence-electron chi connectivity index (χ4n) is 3.25. The van der Waals surface area contributed by atoms with Crippen molar-refractivity contribution >= 4 is 11.4 Å². The van der Waals surface area contributed by atoms with Gasteiger partial charge in [0.2, 0.25) is 0 Å². The van der Waals surface area contributed by atoms with Crippen molar-refractivity contribution in [2.45, 2.75) is 38.8 Å². The van der Waals surface area contributed by atoms with E-state index in [4.69, 9.17) is 0 Å². The predicted molar refractivity (Wildman–Crippen MR) is 97.1 cm³/mol. The van der Waals surface area contributed by atoms with Crippen LogP contribution in [0.4, 0.5) is 15.8 Å². The van der Waals surface area contributed by atoms with Crippen LogP contribution in [0.1, 0.15) is 36.9 Å². The van der Waals surface area contributed by atoms with Gasteiger partial charge in [-0.25, -0.2) is 4.39 Å². The highest BCUT2D eigenvalue weighted by Crippen LogP contribution is 2.25. The number of nitrogens with zero attached hydrogens (tertiary/aromatic N) is 1. The van der Waals surface area contributed by atoms with Crippen molar-refractivity contribution in [1.82, 2.24) is 0 Å². The molecule has 3 nitrogen and oxygen atoms in total. The third-order valence-corrected chi connectivity index (χ3v) is 4.65. The number of halogens is 1. The Morgan fingerprint density at radius 2 is 1.79 bits per heavy atom. The van der Waals surface area contributed by atoms with E-state index in [9.17, 15) is 9.50 Å². The van der Waals surface area contributed by atoms with E-state index in [2.05, 4.69) is 41.4 Å². The molecule has 2 aromatic carbocycles. The van der Waals surface area contributed by atoms with E-state index < -0.39 is 0 Å². The first-order valence-corrected chi connectivity index (χ1v) is 8.58. The maximum atomic E-state index is 13.5. The second-order valence-corrected chi connectivity index (χ2v) is 6.69. The predicted octanol–water partition coefficient (Wildman–Crippen LogP) is 4.27. The number of rotatable bonds is 4. The van der Waals surface area contributed by atoms with Gasteiger partial charge in [-0.3, -0.25) is 0 Å². The maximum Gasteiger partial charge on any atom is 0.125 e. The number of anilines is 2. The Morgan fingerprint density at radius 3 is 2.42 bits per heavy atom. The molecule has 3 rings (SSSR count). The zero-order chi connectivity index (χ0) is 17.1. The van der Waals surface area contributed by atoms with Gasteiger partial charge < -0.3 is 15.3 Å². The number of piperidine rings is 1. The van der Waals surface area contributed by atoms with E-state index in [-0.39, 0.29) is 18.0 Å². The van der Waals surface area contributed by atoms with Gasteiger partial charge >= 0.3 is 0 Å². The first-order chi connectivity index (χ1) is 11.5. The number of hydrogen-bond donors (Lipinski definition) is 2. The van der Waals surface area contributed by atoms with Gasteiger partial charge in [-0.2, -0.15) is 0 Å². The van der Waals surface area contributed by atoms with Gasteiger partial charge in [-0.1, -0.05) is 12.1 Å². The molecule has 0 spiro atoms. The summed E-state index contributed by atoms with van der Waals surface area (Å²) in [5.74, 6) is -0.215. The van der Waals surface area contributed by atoms with Crippen molar-refractivity contribution in [1.29, 1.82) is 0 Å². The highest BCUT2D eigenvalue weighted by atomic mass is 19.1. The molecular weight excluding hydrogens is 303 g/mol. The summed E-state index contributed by atoms with van der Waals surface area (Å²) < 4.78 is 13.5. The summed E-state index contributed by atoms with van der Waals surface area (Å²) in [4.78, 5) is 2.31. The average molecular weight is 328 g/mol. The molecular formula is C20H25FN2O. The normalized spacial score (nSPS) is 16.9. The number of aliphatic hydroxyl groups excluding tert-OH is 1. The van der Waals surface area contributed by atoms with E-state index in [0.717, 1.165) is 42.7 Å². The number of nitrogens with one attached hydrogen (secondary N) is 1. The van der Waals surface area contributed by atoms with Crippen LogP contribution in [0.15, 0.2) is 42.5 Å². The van der Waals surface area contributed by atoms with E-state index >= 15 is 0 Å². The minimum Gasteiger partial charge on any atom is -0.393 e. The van der Waals surface area contributed by atoms with E-state index in [0.29, 0.717) is 0 Å². The van der Waals surface area contributed by atoms with Crippen LogP contribution in [0.5, 0.6) is 0 Å². The van der Waals surface area contributed by atoms with Crippen molar-refractivity contribution < 1.29 is 9.50 Å². The molecule has 4 heteroatoms.